The van der Waals surface area contributed by atoms with Crippen LogP contribution in [0.3, 0.4) is 0 Å². The van der Waals surface area contributed by atoms with E-state index in [1.807, 2.05) is 44.3 Å². The first-order valence-corrected chi connectivity index (χ1v) is 7.12. The Balaban J connectivity index is 2.25. The standard InChI is InChI=1S/C17H19NO2/c1-12-14-9-11-18(2)16(20)17(14,10-8-15(12)19)13-6-4-3-5-7-13/h3-7H,8-11H2,1-2H3. The van der Waals surface area contributed by atoms with Crippen molar-refractivity contribution in [1.29, 1.82) is 0 Å². The molecule has 1 saturated heterocycles. The summed E-state index contributed by atoms with van der Waals surface area (Å²) in [6.07, 6.45) is 1.87. The van der Waals surface area contributed by atoms with Gasteiger partial charge in [-0.25, -0.2) is 0 Å². The number of carbonyl (C=O) groups is 2. The zero-order valence-corrected chi connectivity index (χ0v) is 12.0. The first kappa shape index (κ1) is 13.1. The third-order valence-corrected chi connectivity index (χ3v) is 4.79. The van der Waals surface area contributed by atoms with E-state index < -0.39 is 5.41 Å². The maximum Gasteiger partial charge on any atom is 0.237 e. The van der Waals surface area contributed by atoms with Gasteiger partial charge in [0.05, 0.1) is 5.41 Å². The molecule has 3 rings (SSSR count). The normalized spacial score (nSPS) is 26.8. The molecule has 0 saturated carbocycles. The molecule has 104 valence electrons. The molecule has 1 amide bonds. The molecule has 2 aliphatic rings. The Morgan fingerprint density at radius 1 is 1.10 bits per heavy atom. The Morgan fingerprint density at radius 2 is 1.80 bits per heavy atom. The zero-order chi connectivity index (χ0) is 14.3. The Kier molecular flexibility index (Phi) is 3.00. The quantitative estimate of drug-likeness (QED) is 0.785. The van der Waals surface area contributed by atoms with Crippen LogP contribution in [0, 0.1) is 0 Å². The van der Waals surface area contributed by atoms with Crippen molar-refractivity contribution in [2.75, 3.05) is 13.6 Å². The molecule has 1 aromatic rings. The minimum atomic E-state index is -0.605. The van der Waals surface area contributed by atoms with Crippen LogP contribution in [0.4, 0.5) is 0 Å². The van der Waals surface area contributed by atoms with Gasteiger partial charge >= 0.3 is 0 Å². The second-order valence-electron chi connectivity index (χ2n) is 5.77. The monoisotopic (exact) mass is 269 g/mol. The topological polar surface area (TPSA) is 37.4 Å². The molecule has 0 N–H and O–H groups in total. The molecule has 1 heterocycles. The van der Waals surface area contributed by atoms with Crippen LogP contribution in [0.1, 0.15) is 31.7 Å². The largest absolute Gasteiger partial charge is 0.344 e. The van der Waals surface area contributed by atoms with Crippen molar-refractivity contribution < 1.29 is 9.59 Å². The Hall–Kier alpha value is -1.90. The van der Waals surface area contributed by atoms with Crippen molar-refractivity contribution in [2.45, 2.75) is 31.6 Å². The van der Waals surface area contributed by atoms with Crippen LogP contribution >= 0.6 is 0 Å². The van der Waals surface area contributed by atoms with E-state index in [1.54, 1.807) is 4.90 Å². The van der Waals surface area contributed by atoms with Crippen LogP contribution in [-0.2, 0) is 15.0 Å². The lowest BCUT2D eigenvalue weighted by molar-refractivity contribution is -0.137. The van der Waals surface area contributed by atoms with Gasteiger partial charge in [-0.3, -0.25) is 9.59 Å². The van der Waals surface area contributed by atoms with E-state index in [0.29, 0.717) is 19.4 Å². The molecule has 0 aromatic heterocycles. The summed E-state index contributed by atoms with van der Waals surface area (Å²) in [4.78, 5) is 26.7. The Labute approximate surface area is 119 Å². The summed E-state index contributed by atoms with van der Waals surface area (Å²) in [5.41, 5.74) is 2.27. The molecule has 1 aromatic carbocycles. The highest BCUT2D eigenvalue weighted by Gasteiger charge is 2.50. The molecule has 3 nitrogen and oxygen atoms in total. The van der Waals surface area contributed by atoms with Gasteiger partial charge < -0.3 is 4.90 Å². The number of hydrogen-bond donors (Lipinski definition) is 0. The van der Waals surface area contributed by atoms with Gasteiger partial charge in [-0.2, -0.15) is 0 Å². The van der Waals surface area contributed by atoms with Gasteiger partial charge in [-0.1, -0.05) is 30.3 Å². The second kappa shape index (κ2) is 4.58. The van der Waals surface area contributed by atoms with E-state index in [2.05, 4.69) is 0 Å². The van der Waals surface area contributed by atoms with Crippen LogP contribution in [0.5, 0.6) is 0 Å². The lowest BCUT2D eigenvalue weighted by Crippen LogP contribution is -2.53. The van der Waals surface area contributed by atoms with E-state index >= 15 is 0 Å². The van der Waals surface area contributed by atoms with E-state index in [4.69, 9.17) is 0 Å². The Bertz CT molecular complexity index is 603. The van der Waals surface area contributed by atoms with E-state index in [-0.39, 0.29) is 11.7 Å². The first-order valence-electron chi connectivity index (χ1n) is 7.12. The van der Waals surface area contributed by atoms with Gasteiger partial charge in [0.1, 0.15) is 0 Å². The summed E-state index contributed by atoms with van der Waals surface area (Å²) >= 11 is 0. The molecule has 1 aliphatic heterocycles. The maximum atomic E-state index is 12.9. The number of benzene rings is 1. The summed E-state index contributed by atoms with van der Waals surface area (Å²) in [6.45, 7) is 2.58. The molecule has 1 fully saturated rings. The number of carbonyl (C=O) groups excluding carboxylic acids is 2. The lowest BCUT2D eigenvalue weighted by atomic mass is 9.62. The van der Waals surface area contributed by atoms with Gasteiger partial charge in [0.15, 0.2) is 5.78 Å². The number of likely N-dealkylation sites (N-methyl/N-ethyl adjacent to an activating group) is 1. The van der Waals surface area contributed by atoms with Gasteiger partial charge in [0.2, 0.25) is 5.91 Å². The predicted molar refractivity (Wildman–Crippen MR) is 77.3 cm³/mol. The SMILES string of the molecule is CC1=C2CCN(C)C(=O)C2(c2ccccc2)CCC1=O. The number of Topliss-reactive ketones (excluding diaryl/α,β-unsaturated/α-hetero) is 1. The van der Waals surface area contributed by atoms with Gasteiger partial charge in [-0.15, -0.1) is 0 Å². The molecule has 1 unspecified atom stereocenters. The lowest BCUT2D eigenvalue weighted by Gasteiger charge is -2.45. The van der Waals surface area contributed by atoms with Gasteiger partial charge in [-0.05, 0) is 36.5 Å². The van der Waals surface area contributed by atoms with E-state index in [1.165, 1.54) is 0 Å². The summed E-state index contributed by atoms with van der Waals surface area (Å²) in [7, 11) is 1.86. The summed E-state index contributed by atoms with van der Waals surface area (Å²) in [6, 6.07) is 9.92. The van der Waals surface area contributed by atoms with Crippen molar-refractivity contribution in [1.82, 2.24) is 4.90 Å². The third kappa shape index (κ3) is 1.65. The molecule has 1 atom stereocenters. The number of likely N-dealkylation sites (tertiary alicyclic amines) is 1. The maximum absolute atomic E-state index is 12.9. The van der Waals surface area contributed by atoms with E-state index in [0.717, 1.165) is 23.1 Å². The number of ketones is 1. The van der Waals surface area contributed by atoms with E-state index in [9.17, 15) is 9.59 Å². The highest BCUT2D eigenvalue weighted by atomic mass is 16.2. The van der Waals surface area contributed by atoms with Crippen molar-refractivity contribution in [2.24, 2.45) is 0 Å². The van der Waals surface area contributed by atoms with Crippen LogP contribution in [0.15, 0.2) is 41.5 Å². The smallest absolute Gasteiger partial charge is 0.237 e. The summed E-state index contributed by atoms with van der Waals surface area (Å²) in [5.74, 6) is 0.334. The first-order chi connectivity index (χ1) is 9.57. The van der Waals surface area contributed by atoms with Crippen molar-refractivity contribution in [3.05, 3.63) is 47.0 Å². The third-order valence-electron chi connectivity index (χ3n) is 4.79. The number of rotatable bonds is 1. The van der Waals surface area contributed by atoms with Crippen LogP contribution in [-0.4, -0.2) is 30.2 Å². The van der Waals surface area contributed by atoms with Crippen molar-refractivity contribution in [3.8, 4) is 0 Å². The Morgan fingerprint density at radius 3 is 2.50 bits per heavy atom. The van der Waals surface area contributed by atoms with Gasteiger partial charge in [0, 0.05) is 20.0 Å². The summed E-state index contributed by atoms with van der Waals surface area (Å²) in [5, 5.41) is 0. The zero-order valence-electron chi connectivity index (χ0n) is 12.0. The average Bonchev–Trinajstić information content (AvgIpc) is 2.48. The minimum Gasteiger partial charge on any atom is -0.344 e. The van der Waals surface area contributed by atoms with Crippen molar-refractivity contribution >= 4 is 11.7 Å². The number of hydrogen-bond acceptors (Lipinski definition) is 2. The molecule has 1 aliphatic carbocycles. The van der Waals surface area contributed by atoms with Crippen molar-refractivity contribution in [3.63, 3.8) is 0 Å². The highest BCUT2D eigenvalue weighted by molar-refractivity contribution is 6.03. The fourth-order valence-corrected chi connectivity index (χ4v) is 3.64. The number of fused-ring (bicyclic) bond motifs is 1. The number of amides is 1. The molecule has 0 spiro atoms. The predicted octanol–water partition coefficient (Wildman–Crippen LogP) is 2.47. The van der Waals surface area contributed by atoms with Crippen LogP contribution in [0.2, 0.25) is 0 Å². The van der Waals surface area contributed by atoms with Crippen LogP contribution < -0.4 is 0 Å². The number of allylic oxidation sites excluding steroid dienone is 1. The fraction of sp³-hybridized carbons (Fsp3) is 0.412. The molecule has 20 heavy (non-hydrogen) atoms. The molecular formula is C17H19NO2. The second-order valence-corrected chi connectivity index (χ2v) is 5.77. The van der Waals surface area contributed by atoms with Crippen LogP contribution in [0.25, 0.3) is 0 Å². The molecular weight excluding hydrogens is 250 g/mol. The molecule has 0 radical (unpaired) electrons. The molecule has 3 heteroatoms. The average molecular weight is 269 g/mol. The number of nitrogens with zero attached hydrogens (tertiary/aromatic N) is 1. The minimum absolute atomic E-state index is 0.136. The number of piperidine rings is 1. The highest BCUT2D eigenvalue weighted by Crippen LogP contribution is 2.47. The molecule has 0 bridgehead atoms. The van der Waals surface area contributed by atoms with Gasteiger partial charge in [0.25, 0.3) is 0 Å². The summed E-state index contributed by atoms with van der Waals surface area (Å²) < 4.78 is 0. The fourth-order valence-electron chi connectivity index (χ4n) is 3.64.